The Morgan fingerprint density at radius 3 is 2.60 bits per heavy atom. The van der Waals surface area contributed by atoms with E-state index in [1.807, 2.05) is 40.6 Å². The smallest absolute Gasteiger partial charge is 0.255 e. The Kier molecular flexibility index (Phi) is 4.33. The maximum Gasteiger partial charge on any atom is 0.255 e. The van der Waals surface area contributed by atoms with Gasteiger partial charge < -0.3 is 4.90 Å². The molecule has 0 saturated heterocycles. The lowest BCUT2D eigenvalue weighted by Gasteiger charge is -2.22. The van der Waals surface area contributed by atoms with E-state index >= 15 is 0 Å². The van der Waals surface area contributed by atoms with Crippen LogP contribution in [0.5, 0.6) is 0 Å². The summed E-state index contributed by atoms with van der Waals surface area (Å²) in [7, 11) is 0. The number of thiophene rings is 1. The van der Waals surface area contributed by atoms with Gasteiger partial charge in [0.2, 0.25) is 0 Å². The van der Waals surface area contributed by atoms with Crippen LogP contribution in [-0.4, -0.2) is 16.8 Å². The summed E-state index contributed by atoms with van der Waals surface area (Å²) >= 11 is 9.77. The van der Waals surface area contributed by atoms with E-state index in [0.29, 0.717) is 12.6 Å². The molecule has 1 fully saturated rings. The summed E-state index contributed by atoms with van der Waals surface area (Å²) < 4.78 is 1.15. The average molecular weight is 418 g/mol. The predicted molar refractivity (Wildman–Crippen MR) is 91.4 cm³/mol. The lowest BCUT2D eigenvalue weighted by molar-refractivity contribution is 0.0730. The van der Waals surface area contributed by atoms with E-state index in [1.165, 1.54) is 0 Å². The van der Waals surface area contributed by atoms with Gasteiger partial charge in [0.25, 0.3) is 5.91 Å². The molecule has 1 aromatic heterocycles. The summed E-state index contributed by atoms with van der Waals surface area (Å²) in [6, 6.07) is 10.1. The monoisotopic (exact) mass is 417 g/mol. The van der Waals surface area contributed by atoms with Crippen molar-refractivity contribution in [1.29, 1.82) is 0 Å². The van der Waals surface area contributed by atoms with Crippen molar-refractivity contribution in [2.24, 2.45) is 0 Å². The van der Waals surface area contributed by atoms with Crippen LogP contribution in [0, 0.1) is 2.88 Å². The highest BCUT2D eigenvalue weighted by molar-refractivity contribution is 14.1. The third-order valence-electron chi connectivity index (χ3n) is 3.33. The van der Waals surface area contributed by atoms with Gasteiger partial charge in [-0.3, -0.25) is 4.79 Å². The van der Waals surface area contributed by atoms with Gasteiger partial charge in [-0.15, -0.1) is 11.3 Å². The molecule has 0 unspecified atom stereocenters. The van der Waals surface area contributed by atoms with Crippen LogP contribution in [0.2, 0.25) is 5.02 Å². The lowest BCUT2D eigenvalue weighted by atomic mass is 10.2. The standard InChI is InChI=1S/C15H13ClINOS/c16-12-3-1-10(2-4-12)8-18(13-5-6-13)15(19)11-7-14(17)20-9-11/h1-4,7,9,13H,5-6,8H2. The van der Waals surface area contributed by atoms with E-state index in [2.05, 4.69) is 22.6 Å². The number of benzene rings is 1. The number of amides is 1. The lowest BCUT2D eigenvalue weighted by Crippen LogP contribution is -2.32. The molecule has 1 amide bonds. The van der Waals surface area contributed by atoms with Crippen molar-refractivity contribution >= 4 is 51.4 Å². The number of hydrogen-bond acceptors (Lipinski definition) is 2. The summed E-state index contributed by atoms with van der Waals surface area (Å²) in [5.74, 6) is 0.140. The van der Waals surface area contributed by atoms with Crippen molar-refractivity contribution in [3.63, 3.8) is 0 Å². The molecule has 2 aromatic rings. The normalized spacial score (nSPS) is 14.3. The third-order valence-corrected chi connectivity index (χ3v) is 5.37. The zero-order chi connectivity index (χ0) is 14.1. The Balaban J connectivity index is 1.79. The van der Waals surface area contributed by atoms with E-state index in [0.717, 1.165) is 31.9 Å². The van der Waals surface area contributed by atoms with Crippen molar-refractivity contribution in [3.05, 3.63) is 54.7 Å². The minimum absolute atomic E-state index is 0.140. The quantitative estimate of drug-likeness (QED) is 0.654. The van der Waals surface area contributed by atoms with Gasteiger partial charge >= 0.3 is 0 Å². The SMILES string of the molecule is O=C(c1csc(I)c1)N(Cc1ccc(Cl)cc1)C1CC1. The average Bonchev–Trinajstić information content (AvgIpc) is 3.19. The first-order valence-electron chi connectivity index (χ1n) is 6.43. The van der Waals surface area contributed by atoms with Crippen molar-refractivity contribution in [2.75, 3.05) is 0 Å². The number of carbonyl (C=O) groups excluding carboxylic acids is 1. The molecule has 0 N–H and O–H groups in total. The summed E-state index contributed by atoms with van der Waals surface area (Å²) in [4.78, 5) is 14.6. The maximum absolute atomic E-state index is 12.6. The van der Waals surface area contributed by atoms with Crippen LogP contribution in [0.1, 0.15) is 28.8 Å². The zero-order valence-electron chi connectivity index (χ0n) is 10.7. The highest BCUT2D eigenvalue weighted by atomic mass is 127. The molecule has 2 nitrogen and oxygen atoms in total. The number of hydrogen-bond donors (Lipinski definition) is 0. The van der Waals surface area contributed by atoms with Crippen molar-refractivity contribution < 1.29 is 4.79 Å². The summed E-state index contributed by atoms with van der Waals surface area (Å²) in [6.45, 7) is 0.660. The molecule has 0 atom stereocenters. The Morgan fingerprint density at radius 1 is 1.35 bits per heavy atom. The number of rotatable bonds is 4. The molecule has 3 rings (SSSR count). The fourth-order valence-corrected chi connectivity index (χ4v) is 3.57. The van der Waals surface area contributed by atoms with Crippen LogP contribution in [-0.2, 0) is 6.54 Å². The molecule has 20 heavy (non-hydrogen) atoms. The van der Waals surface area contributed by atoms with Crippen LogP contribution < -0.4 is 0 Å². The molecule has 5 heteroatoms. The molecule has 1 aliphatic carbocycles. The second kappa shape index (κ2) is 6.03. The first kappa shape index (κ1) is 14.4. The molecule has 1 saturated carbocycles. The van der Waals surface area contributed by atoms with Gasteiger partial charge in [-0.05, 0) is 59.2 Å². The molecule has 0 spiro atoms. The van der Waals surface area contributed by atoms with Gasteiger partial charge in [-0.25, -0.2) is 0 Å². The fraction of sp³-hybridized carbons (Fsp3) is 0.267. The highest BCUT2D eigenvalue weighted by Crippen LogP contribution is 2.31. The molecule has 0 radical (unpaired) electrons. The van der Waals surface area contributed by atoms with Gasteiger partial charge in [-0.2, -0.15) is 0 Å². The molecular formula is C15H13ClINOS. The van der Waals surface area contributed by atoms with Crippen molar-refractivity contribution in [1.82, 2.24) is 4.90 Å². The van der Waals surface area contributed by atoms with Crippen LogP contribution >= 0.6 is 45.5 Å². The van der Waals surface area contributed by atoms with E-state index in [4.69, 9.17) is 11.6 Å². The first-order valence-corrected chi connectivity index (χ1v) is 8.76. The summed E-state index contributed by atoms with van der Waals surface area (Å²) in [6.07, 6.45) is 2.22. The van der Waals surface area contributed by atoms with E-state index in [9.17, 15) is 4.79 Å². The Hall–Kier alpha value is -0.590. The molecule has 1 aromatic carbocycles. The number of halogens is 2. The second-order valence-corrected chi connectivity index (χ2v) is 8.17. The van der Waals surface area contributed by atoms with Crippen molar-refractivity contribution in [2.45, 2.75) is 25.4 Å². The Morgan fingerprint density at radius 2 is 2.05 bits per heavy atom. The Bertz CT molecular complexity index is 621. The fourth-order valence-electron chi connectivity index (χ4n) is 2.13. The largest absolute Gasteiger partial charge is 0.331 e. The number of carbonyl (C=O) groups is 1. The van der Waals surface area contributed by atoms with E-state index in [-0.39, 0.29) is 5.91 Å². The minimum Gasteiger partial charge on any atom is -0.331 e. The molecule has 104 valence electrons. The maximum atomic E-state index is 12.6. The molecule has 0 bridgehead atoms. The van der Waals surface area contributed by atoms with Gasteiger partial charge in [0, 0.05) is 23.0 Å². The molecule has 1 heterocycles. The van der Waals surface area contributed by atoms with E-state index in [1.54, 1.807) is 11.3 Å². The van der Waals surface area contributed by atoms with Crippen LogP contribution in [0.4, 0.5) is 0 Å². The number of nitrogens with zero attached hydrogens (tertiary/aromatic N) is 1. The topological polar surface area (TPSA) is 20.3 Å². The zero-order valence-corrected chi connectivity index (χ0v) is 14.4. The molecular weight excluding hydrogens is 405 g/mol. The van der Waals surface area contributed by atoms with Crippen LogP contribution in [0.25, 0.3) is 0 Å². The van der Waals surface area contributed by atoms with Crippen molar-refractivity contribution in [3.8, 4) is 0 Å². The van der Waals surface area contributed by atoms with Gasteiger partial charge in [0.05, 0.1) is 8.45 Å². The van der Waals surface area contributed by atoms with E-state index < -0.39 is 0 Å². The molecule has 1 aliphatic rings. The predicted octanol–water partition coefficient (Wildman–Crippen LogP) is 4.81. The summed E-state index contributed by atoms with van der Waals surface area (Å²) in [5.41, 5.74) is 1.93. The van der Waals surface area contributed by atoms with Crippen LogP contribution in [0.15, 0.2) is 35.7 Å². The Labute approximate surface area is 140 Å². The second-order valence-electron chi connectivity index (χ2n) is 4.93. The molecule has 0 aliphatic heterocycles. The third kappa shape index (κ3) is 3.35. The van der Waals surface area contributed by atoms with Crippen LogP contribution in [0.3, 0.4) is 0 Å². The summed E-state index contributed by atoms with van der Waals surface area (Å²) in [5, 5.41) is 2.67. The minimum atomic E-state index is 0.140. The highest BCUT2D eigenvalue weighted by Gasteiger charge is 2.33. The van der Waals surface area contributed by atoms with Gasteiger partial charge in [0.1, 0.15) is 0 Å². The van der Waals surface area contributed by atoms with Gasteiger partial charge in [-0.1, -0.05) is 23.7 Å². The first-order chi connectivity index (χ1) is 9.63. The van der Waals surface area contributed by atoms with Gasteiger partial charge in [0.15, 0.2) is 0 Å².